The Hall–Kier alpha value is -2.12. The maximum atomic E-state index is 12.8. The first kappa shape index (κ1) is 14.5. The van der Waals surface area contributed by atoms with Gasteiger partial charge in [-0.25, -0.2) is 0 Å². The van der Waals surface area contributed by atoms with E-state index in [0.717, 1.165) is 0 Å². The number of hydrogen-bond acceptors (Lipinski definition) is 5. The van der Waals surface area contributed by atoms with Gasteiger partial charge in [-0.15, -0.1) is 0 Å². The highest BCUT2D eigenvalue weighted by Gasteiger charge is 2.41. The van der Waals surface area contributed by atoms with Crippen LogP contribution in [0.1, 0.15) is 23.2 Å². The molecule has 0 unspecified atom stereocenters. The van der Waals surface area contributed by atoms with Gasteiger partial charge in [0.1, 0.15) is 0 Å². The minimum Gasteiger partial charge on any atom is -0.481 e. The number of amides is 2. The Labute approximate surface area is 133 Å². The van der Waals surface area contributed by atoms with Crippen LogP contribution in [0.4, 0.5) is 5.69 Å². The molecule has 2 saturated heterocycles. The molecule has 7 nitrogen and oxygen atoms in total. The second kappa shape index (κ2) is 5.50. The summed E-state index contributed by atoms with van der Waals surface area (Å²) in [5.74, 6) is -0.355. The van der Waals surface area contributed by atoms with Crippen molar-refractivity contribution >= 4 is 17.5 Å². The Morgan fingerprint density at radius 2 is 1.91 bits per heavy atom. The van der Waals surface area contributed by atoms with Crippen molar-refractivity contribution in [1.29, 1.82) is 0 Å². The van der Waals surface area contributed by atoms with Gasteiger partial charge in [0.15, 0.2) is 18.1 Å². The van der Waals surface area contributed by atoms with Crippen LogP contribution in [-0.4, -0.2) is 55.4 Å². The van der Waals surface area contributed by atoms with Gasteiger partial charge >= 0.3 is 0 Å². The molecule has 3 aliphatic heterocycles. The van der Waals surface area contributed by atoms with Crippen molar-refractivity contribution in [3.63, 3.8) is 0 Å². The average Bonchev–Trinajstić information content (AvgIpc) is 3.02. The summed E-state index contributed by atoms with van der Waals surface area (Å²) in [5.41, 5.74) is 1.02. The number of fused-ring (bicyclic) bond motifs is 1. The molecule has 0 aliphatic carbocycles. The van der Waals surface area contributed by atoms with Crippen LogP contribution in [0, 0.1) is 0 Å². The Morgan fingerprint density at radius 3 is 2.65 bits per heavy atom. The van der Waals surface area contributed by atoms with Gasteiger partial charge in [-0.05, 0) is 12.1 Å². The molecule has 23 heavy (non-hydrogen) atoms. The molecule has 0 atom stereocenters. The lowest BCUT2D eigenvalue weighted by Crippen LogP contribution is -2.47. The quantitative estimate of drug-likeness (QED) is 0.836. The second-order valence-corrected chi connectivity index (χ2v) is 5.92. The van der Waals surface area contributed by atoms with Crippen molar-refractivity contribution in [1.82, 2.24) is 4.90 Å². The Bertz CT molecular complexity index is 644. The summed E-state index contributed by atoms with van der Waals surface area (Å²) >= 11 is 0. The SMILES string of the molecule is O=C1COc2c(cccc2C(=O)N2CCC3(CC2)OCCO3)N1. The summed E-state index contributed by atoms with van der Waals surface area (Å²) in [7, 11) is 0. The molecule has 1 N–H and O–H groups in total. The predicted molar refractivity (Wildman–Crippen MR) is 80.3 cm³/mol. The number of hydrogen-bond donors (Lipinski definition) is 1. The van der Waals surface area contributed by atoms with Gasteiger partial charge in [0.05, 0.1) is 24.5 Å². The summed E-state index contributed by atoms with van der Waals surface area (Å²) in [6.45, 7) is 2.33. The molecule has 2 amide bonds. The van der Waals surface area contributed by atoms with Crippen LogP contribution in [0.5, 0.6) is 5.75 Å². The summed E-state index contributed by atoms with van der Waals surface area (Å²) in [5, 5.41) is 2.72. The number of ether oxygens (including phenoxy) is 3. The maximum Gasteiger partial charge on any atom is 0.262 e. The van der Waals surface area contributed by atoms with Gasteiger partial charge in [0, 0.05) is 25.9 Å². The second-order valence-electron chi connectivity index (χ2n) is 5.92. The minimum absolute atomic E-state index is 0.0674. The number of para-hydroxylation sites is 1. The molecule has 0 bridgehead atoms. The van der Waals surface area contributed by atoms with Gasteiger partial charge in [0.2, 0.25) is 0 Å². The largest absolute Gasteiger partial charge is 0.481 e. The normalized spacial score (nSPS) is 22.4. The molecule has 3 aliphatic rings. The van der Waals surface area contributed by atoms with Crippen molar-refractivity contribution in [2.24, 2.45) is 0 Å². The smallest absolute Gasteiger partial charge is 0.262 e. The van der Waals surface area contributed by atoms with E-state index in [1.54, 1.807) is 23.1 Å². The average molecular weight is 318 g/mol. The van der Waals surface area contributed by atoms with Crippen LogP contribution in [0.2, 0.25) is 0 Å². The van der Waals surface area contributed by atoms with Crippen LogP contribution >= 0.6 is 0 Å². The number of benzene rings is 1. The minimum atomic E-state index is -0.503. The summed E-state index contributed by atoms with van der Waals surface area (Å²) in [4.78, 5) is 26.0. The van der Waals surface area contributed by atoms with Crippen LogP contribution in [0.3, 0.4) is 0 Å². The van der Waals surface area contributed by atoms with Gasteiger partial charge in [-0.1, -0.05) is 6.07 Å². The number of nitrogens with one attached hydrogen (secondary N) is 1. The molecule has 4 rings (SSSR count). The van der Waals surface area contributed by atoms with E-state index < -0.39 is 5.79 Å². The van der Waals surface area contributed by atoms with Crippen molar-refractivity contribution in [2.75, 3.05) is 38.2 Å². The molecule has 7 heteroatoms. The molecule has 1 aromatic rings. The van der Waals surface area contributed by atoms with Crippen LogP contribution in [0.15, 0.2) is 18.2 Å². The highest BCUT2D eigenvalue weighted by Crippen LogP contribution is 2.35. The Kier molecular flexibility index (Phi) is 3.46. The third kappa shape index (κ3) is 2.55. The molecular formula is C16H18N2O5. The fourth-order valence-electron chi connectivity index (χ4n) is 3.29. The van der Waals surface area contributed by atoms with Crippen molar-refractivity contribution in [3.8, 4) is 5.75 Å². The van der Waals surface area contributed by atoms with Gasteiger partial charge < -0.3 is 24.4 Å². The first-order valence-corrected chi connectivity index (χ1v) is 7.80. The highest BCUT2D eigenvalue weighted by molar-refractivity contribution is 6.03. The lowest BCUT2D eigenvalue weighted by Gasteiger charge is -2.37. The monoisotopic (exact) mass is 318 g/mol. The fraction of sp³-hybridized carbons (Fsp3) is 0.500. The lowest BCUT2D eigenvalue weighted by molar-refractivity contribution is -0.181. The van der Waals surface area contributed by atoms with Crippen molar-refractivity contribution in [3.05, 3.63) is 23.8 Å². The lowest BCUT2D eigenvalue weighted by atomic mass is 10.0. The highest BCUT2D eigenvalue weighted by atomic mass is 16.7. The van der Waals surface area contributed by atoms with E-state index in [0.29, 0.717) is 56.1 Å². The summed E-state index contributed by atoms with van der Waals surface area (Å²) in [6, 6.07) is 5.20. The molecule has 0 saturated carbocycles. The van der Waals surface area contributed by atoms with Gasteiger partial charge in [-0.2, -0.15) is 0 Å². The zero-order chi connectivity index (χ0) is 15.9. The number of carbonyl (C=O) groups is 2. The van der Waals surface area contributed by atoms with E-state index in [2.05, 4.69) is 5.32 Å². The molecule has 0 aromatic heterocycles. The van der Waals surface area contributed by atoms with E-state index in [4.69, 9.17) is 14.2 Å². The topological polar surface area (TPSA) is 77.1 Å². The molecule has 1 spiro atoms. The molecule has 2 fully saturated rings. The number of likely N-dealkylation sites (tertiary alicyclic amines) is 1. The number of nitrogens with zero attached hydrogens (tertiary/aromatic N) is 1. The van der Waals surface area contributed by atoms with Crippen LogP contribution < -0.4 is 10.1 Å². The molecule has 122 valence electrons. The van der Waals surface area contributed by atoms with Crippen LogP contribution in [-0.2, 0) is 14.3 Å². The summed E-state index contributed by atoms with van der Waals surface area (Å²) in [6.07, 6.45) is 1.34. The van der Waals surface area contributed by atoms with E-state index in [1.165, 1.54) is 0 Å². The van der Waals surface area contributed by atoms with Gasteiger partial charge in [0.25, 0.3) is 11.8 Å². The van der Waals surface area contributed by atoms with Gasteiger partial charge in [-0.3, -0.25) is 9.59 Å². The van der Waals surface area contributed by atoms with E-state index in [1.807, 2.05) is 0 Å². The van der Waals surface area contributed by atoms with Crippen molar-refractivity contribution in [2.45, 2.75) is 18.6 Å². The fourth-order valence-corrected chi connectivity index (χ4v) is 3.29. The number of rotatable bonds is 1. The third-order valence-electron chi connectivity index (χ3n) is 4.49. The molecule has 3 heterocycles. The predicted octanol–water partition coefficient (Wildman–Crippen LogP) is 0.997. The third-order valence-corrected chi connectivity index (χ3v) is 4.49. The first-order chi connectivity index (χ1) is 11.2. The molecule has 0 radical (unpaired) electrons. The Morgan fingerprint density at radius 1 is 1.17 bits per heavy atom. The molecule has 1 aromatic carbocycles. The van der Waals surface area contributed by atoms with E-state index in [-0.39, 0.29) is 18.4 Å². The molecular weight excluding hydrogens is 300 g/mol. The Balaban J connectivity index is 1.52. The number of carbonyl (C=O) groups excluding carboxylic acids is 2. The standard InChI is InChI=1S/C16H18N2O5/c19-13-10-21-14-11(2-1-3-12(14)17-13)15(20)18-6-4-16(5-7-18)22-8-9-23-16/h1-3H,4-10H2,(H,17,19). The zero-order valence-electron chi connectivity index (χ0n) is 12.7. The zero-order valence-corrected chi connectivity index (χ0v) is 12.7. The summed E-state index contributed by atoms with van der Waals surface area (Å²) < 4.78 is 16.8. The maximum absolute atomic E-state index is 12.8. The number of anilines is 1. The number of piperidine rings is 1. The van der Waals surface area contributed by atoms with Crippen molar-refractivity contribution < 1.29 is 23.8 Å². The van der Waals surface area contributed by atoms with E-state index in [9.17, 15) is 9.59 Å². The van der Waals surface area contributed by atoms with Crippen LogP contribution in [0.25, 0.3) is 0 Å². The first-order valence-electron chi connectivity index (χ1n) is 7.80. The van der Waals surface area contributed by atoms with E-state index >= 15 is 0 Å².